The third kappa shape index (κ3) is 3.80. The van der Waals surface area contributed by atoms with Crippen LogP contribution < -0.4 is 5.32 Å². The fourth-order valence-electron chi connectivity index (χ4n) is 3.50. The van der Waals surface area contributed by atoms with Crippen molar-refractivity contribution in [2.24, 2.45) is 5.92 Å². The Morgan fingerprint density at radius 3 is 2.90 bits per heavy atom. The topological polar surface area (TPSA) is 15.3 Å². The molecule has 1 heterocycles. The molecule has 0 aliphatic carbocycles. The van der Waals surface area contributed by atoms with E-state index in [9.17, 15) is 4.39 Å². The average molecular weight is 278 g/mol. The van der Waals surface area contributed by atoms with Gasteiger partial charge in [-0.25, -0.2) is 4.39 Å². The molecule has 1 aliphatic heterocycles. The van der Waals surface area contributed by atoms with E-state index in [0.717, 1.165) is 31.6 Å². The molecule has 0 spiro atoms. The highest BCUT2D eigenvalue weighted by atomic mass is 19.1. The van der Waals surface area contributed by atoms with E-state index in [0.29, 0.717) is 12.0 Å². The minimum absolute atomic E-state index is 0.119. The summed E-state index contributed by atoms with van der Waals surface area (Å²) in [5.41, 5.74) is 1.14. The van der Waals surface area contributed by atoms with Gasteiger partial charge < -0.3 is 5.32 Å². The maximum atomic E-state index is 13.6. The van der Waals surface area contributed by atoms with E-state index in [1.165, 1.54) is 25.3 Å². The Morgan fingerprint density at radius 1 is 1.35 bits per heavy atom. The smallest absolute Gasteiger partial charge is 0.123 e. The van der Waals surface area contributed by atoms with E-state index in [4.69, 9.17) is 0 Å². The molecule has 112 valence electrons. The molecule has 2 atom stereocenters. The standard InChI is InChI=1S/C17H27FN2/c1-3-10-20-11-5-4-7-15(13-19-2)17(20)14-8-6-9-16(18)12-14/h6,8-9,12,15,17,19H,3-5,7,10-11,13H2,1-2H3. The molecule has 0 saturated carbocycles. The van der Waals surface area contributed by atoms with Crippen molar-refractivity contribution in [3.05, 3.63) is 35.6 Å². The van der Waals surface area contributed by atoms with Crippen LogP contribution in [0.4, 0.5) is 4.39 Å². The van der Waals surface area contributed by atoms with Gasteiger partial charge in [-0.15, -0.1) is 0 Å². The fraction of sp³-hybridized carbons (Fsp3) is 0.647. The zero-order chi connectivity index (χ0) is 14.4. The number of halogens is 1. The lowest BCUT2D eigenvalue weighted by Gasteiger charge is -2.35. The molecular formula is C17H27FN2. The van der Waals surface area contributed by atoms with E-state index in [-0.39, 0.29) is 5.82 Å². The first-order valence-corrected chi connectivity index (χ1v) is 7.90. The molecule has 0 bridgehead atoms. The molecule has 1 N–H and O–H groups in total. The summed E-state index contributed by atoms with van der Waals surface area (Å²) in [5, 5.41) is 3.32. The summed E-state index contributed by atoms with van der Waals surface area (Å²) in [6.45, 7) is 5.46. The van der Waals surface area contributed by atoms with Gasteiger partial charge in [0.25, 0.3) is 0 Å². The summed E-state index contributed by atoms with van der Waals surface area (Å²) in [5.74, 6) is 0.447. The summed E-state index contributed by atoms with van der Waals surface area (Å²) in [6, 6.07) is 7.54. The lowest BCUT2D eigenvalue weighted by Crippen LogP contribution is -2.37. The Hall–Kier alpha value is -0.930. The SMILES string of the molecule is CCCN1CCCCC(CNC)C1c1cccc(F)c1. The molecule has 1 aliphatic rings. The summed E-state index contributed by atoms with van der Waals surface area (Å²) in [4.78, 5) is 2.56. The van der Waals surface area contributed by atoms with Crippen molar-refractivity contribution in [2.45, 2.75) is 38.6 Å². The van der Waals surface area contributed by atoms with E-state index < -0.39 is 0 Å². The molecular weight excluding hydrogens is 251 g/mol. The molecule has 0 amide bonds. The quantitative estimate of drug-likeness (QED) is 0.885. The van der Waals surface area contributed by atoms with Crippen LogP contribution in [0, 0.1) is 11.7 Å². The second-order valence-corrected chi connectivity index (χ2v) is 5.85. The Morgan fingerprint density at radius 2 is 2.20 bits per heavy atom. The van der Waals surface area contributed by atoms with E-state index in [1.807, 2.05) is 13.1 Å². The van der Waals surface area contributed by atoms with Crippen molar-refractivity contribution in [1.29, 1.82) is 0 Å². The lowest BCUT2D eigenvalue weighted by molar-refractivity contribution is 0.154. The monoisotopic (exact) mass is 278 g/mol. The first-order chi connectivity index (χ1) is 9.76. The van der Waals surface area contributed by atoms with Gasteiger partial charge in [0.15, 0.2) is 0 Å². The van der Waals surface area contributed by atoms with Crippen molar-refractivity contribution in [2.75, 3.05) is 26.7 Å². The summed E-state index contributed by atoms with van der Waals surface area (Å²) in [6.07, 6.45) is 4.91. The van der Waals surface area contributed by atoms with E-state index in [1.54, 1.807) is 6.07 Å². The highest BCUT2D eigenvalue weighted by molar-refractivity contribution is 5.21. The molecule has 0 aromatic heterocycles. The highest BCUT2D eigenvalue weighted by Crippen LogP contribution is 2.35. The third-order valence-electron chi connectivity index (χ3n) is 4.28. The van der Waals surface area contributed by atoms with Crippen LogP contribution in [0.1, 0.15) is 44.2 Å². The van der Waals surface area contributed by atoms with Gasteiger partial charge in [0.05, 0.1) is 0 Å². The first-order valence-electron chi connectivity index (χ1n) is 7.90. The van der Waals surface area contributed by atoms with Crippen LogP contribution in [0.3, 0.4) is 0 Å². The third-order valence-corrected chi connectivity index (χ3v) is 4.28. The largest absolute Gasteiger partial charge is 0.319 e. The van der Waals surface area contributed by atoms with Gasteiger partial charge in [-0.3, -0.25) is 4.90 Å². The lowest BCUT2D eigenvalue weighted by atomic mass is 9.89. The highest BCUT2D eigenvalue weighted by Gasteiger charge is 2.30. The summed E-state index contributed by atoms with van der Waals surface area (Å²) in [7, 11) is 2.01. The fourth-order valence-corrected chi connectivity index (χ4v) is 3.50. The molecule has 1 aromatic rings. The predicted molar refractivity (Wildman–Crippen MR) is 82.3 cm³/mol. The summed E-state index contributed by atoms with van der Waals surface area (Å²) >= 11 is 0. The summed E-state index contributed by atoms with van der Waals surface area (Å²) < 4.78 is 13.6. The number of nitrogens with zero attached hydrogens (tertiary/aromatic N) is 1. The maximum absolute atomic E-state index is 13.6. The second kappa shape index (κ2) is 7.75. The van der Waals surface area contributed by atoms with Gasteiger partial charge in [-0.2, -0.15) is 0 Å². The van der Waals surface area contributed by atoms with Gasteiger partial charge >= 0.3 is 0 Å². The zero-order valence-corrected chi connectivity index (χ0v) is 12.7. The number of rotatable bonds is 5. The van der Waals surface area contributed by atoms with Gasteiger partial charge in [0, 0.05) is 6.04 Å². The van der Waals surface area contributed by atoms with Gasteiger partial charge in [-0.05, 0) is 69.6 Å². The van der Waals surface area contributed by atoms with E-state index in [2.05, 4.69) is 23.2 Å². The van der Waals surface area contributed by atoms with Crippen LogP contribution in [-0.2, 0) is 0 Å². The number of likely N-dealkylation sites (tertiary alicyclic amines) is 1. The second-order valence-electron chi connectivity index (χ2n) is 5.85. The number of hydrogen-bond donors (Lipinski definition) is 1. The molecule has 1 aromatic carbocycles. The Labute approximate surface area is 122 Å². The maximum Gasteiger partial charge on any atom is 0.123 e. The number of nitrogens with one attached hydrogen (secondary N) is 1. The van der Waals surface area contributed by atoms with E-state index >= 15 is 0 Å². The van der Waals surface area contributed by atoms with Crippen molar-refractivity contribution in [3.63, 3.8) is 0 Å². The Balaban J connectivity index is 2.30. The van der Waals surface area contributed by atoms with Crippen LogP contribution in [-0.4, -0.2) is 31.6 Å². The molecule has 2 nitrogen and oxygen atoms in total. The molecule has 1 fully saturated rings. The minimum atomic E-state index is -0.119. The molecule has 20 heavy (non-hydrogen) atoms. The van der Waals surface area contributed by atoms with Crippen LogP contribution in [0.5, 0.6) is 0 Å². The molecule has 2 rings (SSSR count). The Kier molecular flexibility index (Phi) is 5.99. The van der Waals surface area contributed by atoms with Crippen LogP contribution >= 0.6 is 0 Å². The van der Waals surface area contributed by atoms with Gasteiger partial charge in [0.2, 0.25) is 0 Å². The zero-order valence-electron chi connectivity index (χ0n) is 12.7. The average Bonchev–Trinajstić information content (AvgIpc) is 2.62. The molecule has 0 radical (unpaired) electrons. The predicted octanol–water partition coefficient (Wildman–Crippen LogP) is 3.60. The first kappa shape index (κ1) is 15.5. The minimum Gasteiger partial charge on any atom is -0.319 e. The normalized spacial score (nSPS) is 24.6. The Bertz CT molecular complexity index is 392. The number of benzene rings is 1. The van der Waals surface area contributed by atoms with Gasteiger partial charge in [0.1, 0.15) is 5.82 Å². The van der Waals surface area contributed by atoms with Crippen molar-refractivity contribution in [1.82, 2.24) is 10.2 Å². The van der Waals surface area contributed by atoms with Crippen molar-refractivity contribution in [3.8, 4) is 0 Å². The van der Waals surface area contributed by atoms with Gasteiger partial charge in [-0.1, -0.05) is 25.5 Å². The number of hydrogen-bond acceptors (Lipinski definition) is 2. The van der Waals surface area contributed by atoms with Crippen molar-refractivity contribution < 1.29 is 4.39 Å². The van der Waals surface area contributed by atoms with Crippen LogP contribution in [0.25, 0.3) is 0 Å². The molecule has 1 saturated heterocycles. The molecule has 2 unspecified atom stereocenters. The molecule has 3 heteroatoms. The van der Waals surface area contributed by atoms with Crippen LogP contribution in [0.15, 0.2) is 24.3 Å². The van der Waals surface area contributed by atoms with Crippen molar-refractivity contribution >= 4 is 0 Å². The van der Waals surface area contributed by atoms with Crippen LogP contribution in [0.2, 0.25) is 0 Å².